The third-order valence-corrected chi connectivity index (χ3v) is 4.05. The van der Waals surface area contributed by atoms with E-state index in [1.54, 1.807) is 29.1 Å². The summed E-state index contributed by atoms with van der Waals surface area (Å²) >= 11 is 0. The van der Waals surface area contributed by atoms with Gasteiger partial charge in [-0.2, -0.15) is 0 Å². The van der Waals surface area contributed by atoms with Gasteiger partial charge in [0.25, 0.3) is 5.91 Å². The van der Waals surface area contributed by atoms with E-state index < -0.39 is 0 Å². The van der Waals surface area contributed by atoms with Crippen LogP contribution in [0.1, 0.15) is 23.0 Å². The molecular formula is C16H18N4O2. The fourth-order valence-electron chi connectivity index (χ4n) is 2.72. The van der Waals surface area contributed by atoms with E-state index >= 15 is 0 Å². The molecule has 1 saturated heterocycles. The van der Waals surface area contributed by atoms with Crippen molar-refractivity contribution in [1.29, 1.82) is 0 Å². The van der Waals surface area contributed by atoms with Gasteiger partial charge in [0, 0.05) is 50.9 Å². The highest BCUT2D eigenvalue weighted by Gasteiger charge is 2.24. The number of fused-ring (bicyclic) bond motifs is 1. The Bertz CT molecular complexity index is 736. The van der Waals surface area contributed by atoms with Crippen LogP contribution >= 0.6 is 0 Å². The summed E-state index contributed by atoms with van der Waals surface area (Å²) in [7, 11) is 0. The van der Waals surface area contributed by atoms with Crippen LogP contribution in [-0.2, 0) is 4.79 Å². The highest BCUT2D eigenvalue weighted by molar-refractivity contribution is 5.98. The van der Waals surface area contributed by atoms with Gasteiger partial charge in [0.1, 0.15) is 0 Å². The first-order valence-electron chi connectivity index (χ1n) is 7.32. The number of amides is 2. The number of nitrogens with zero attached hydrogens (tertiary/aromatic N) is 4. The molecule has 0 spiro atoms. The quantitative estimate of drug-likeness (QED) is 0.794. The van der Waals surface area contributed by atoms with Crippen molar-refractivity contribution >= 4 is 22.7 Å². The summed E-state index contributed by atoms with van der Waals surface area (Å²) in [6.45, 7) is 5.69. The summed E-state index contributed by atoms with van der Waals surface area (Å²) in [6, 6.07) is 3.69. The van der Waals surface area contributed by atoms with Gasteiger partial charge in [-0.15, -0.1) is 0 Å². The molecule has 2 aromatic rings. The maximum atomic E-state index is 12.7. The number of pyridine rings is 2. The van der Waals surface area contributed by atoms with Crippen molar-refractivity contribution in [2.45, 2.75) is 13.8 Å². The van der Waals surface area contributed by atoms with Gasteiger partial charge in [0.2, 0.25) is 5.91 Å². The molecule has 0 N–H and O–H groups in total. The van der Waals surface area contributed by atoms with Crippen LogP contribution in [0, 0.1) is 6.92 Å². The van der Waals surface area contributed by atoms with Crippen molar-refractivity contribution in [2.75, 3.05) is 26.2 Å². The summed E-state index contributed by atoms with van der Waals surface area (Å²) in [6.07, 6.45) is 3.41. The summed E-state index contributed by atoms with van der Waals surface area (Å²) < 4.78 is 0. The van der Waals surface area contributed by atoms with E-state index in [1.165, 1.54) is 0 Å². The van der Waals surface area contributed by atoms with Crippen LogP contribution in [0.4, 0.5) is 0 Å². The third kappa shape index (κ3) is 2.64. The third-order valence-electron chi connectivity index (χ3n) is 4.05. The molecule has 3 rings (SSSR count). The first-order chi connectivity index (χ1) is 10.6. The van der Waals surface area contributed by atoms with E-state index in [9.17, 15) is 9.59 Å². The first-order valence-corrected chi connectivity index (χ1v) is 7.32. The summed E-state index contributed by atoms with van der Waals surface area (Å²) in [5.41, 5.74) is 2.17. The van der Waals surface area contributed by atoms with Crippen LogP contribution in [0.5, 0.6) is 0 Å². The van der Waals surface area contributed by atoms with Gasteiger partial charge < -0.3 is 9.80 Å². The van der Waals surface area contributed by atoms with Crippen molar-refractivity contribution in [2.24, 2.45) is 0 Å². The van der Waals surface area contributed by atoms with E-state index in [-0.39, 0.29) is 11.8 Å². The second kappa shape index (κ2) is 5.71. The summed E-state index contributed by atoms with van der Waals surface area (Å²) in [5.74, 6) is 0.0284. The molecule has 2 aromatic heterocycles. The van der Waals surface area contributed by atoms with E-state index in [4.69, 9.17) is 0 Å². The largest absolute Gasteiger partial charge is 0.339 e. The van der Waals surface area contributed by atoms with Crippen LogP contribution in [0.15, 0.2) is 24.5 Å². The molecule has 0 aromatic carbocycles. The number of rotatable bonds is 1. The zero-order chi connectivity index (χ0) is 15.7. The molecule has 22 heavy (non-hydrogen) atoms. The molecule has 0 aliphatic carbocycles. The molecule has 1 aliphatic heterocycles. The second-order valence-electron chi connectivity index (χ2n) is 5.49. The number of hydrogen-bond acceptors (Lipinski definition) is 4. The van der Waals surface area contributed by atoms with Gasteiger partial charge in [-0.05, 0) is 19.1 Å². The fraction of sp³-hybridized carbons (Fsp3) is 0.375. The Morgan fingerprint density at radius 3 is 2.50 bits per heavy atom. The topological polar surface area (TPSA) is 66.4 Å². The molecule has 1 aliphatic rings. The predicted octanol–water partition coefficient (Wildman–Crippen LogP) is 1.24. The molecule has 0 bridgehead atoms. The predicted molar refractivity (Wildman–Crippen MR) is 82.4 cm³/mol. The van der Waals surface area contributed by atoms with Crippen LogP contribution in [-0.4, -0.2) is 57.8 Å². The average molecular weight is 298 g/mol. The van der Waals surface area contributed by atoms with Gasteiger partial charge in [0.15, 0.2) is 0 Å². The summed E-state index contributed by atoms with van der Waals surface area (Å²) in [4.78, 5) is 36.2. The Balaban J connectivity index is 1.83. The van der Waals surface area contributed by atoms with Crippen molar-refractivity contribution < 1.29 is 9.59 Å². The lowest BCUT2D eigenvalue weighted by Crippen LogP contribution is -2.50. The molecular weight excluding hydrogens is 280 g/mol. The summed E-state index contributed by atoms with van der Waals surface area (Å²) in [5, 5.41) is 0.860. The van der Waals surface area contributed by atoms with E-state index in [0.717, 1.165) is 16.6 Å². The molecule has 1 fully saturated rings. The monoisotopic (exact) mass is 298 g/mol. The van der Waals surface area contributed by atoms with Crippen molar-refractivity contribution in [3.8, 4) is 0 Å². The zero-order valence-corrected chi connectivity index (χ0v) is 12.7. The lowest BCUT2D eigenvalue weighted by atomic mass is 10.1. The molecule has 6 nitrogen and oxygen atoms in total. The molecule has 114 valence electrons. The van der Waals surface area contributed by atoms with Crippen molar-refractivity contribution in [3.63, 3.8) is 0 Å². The normalized spacial score (nSPS) is 15.2. The Morgan fingerprint density at radius 1 is 1.14 bits per heavy atom. The van der Waals surface area contributed by atoms with Crippen molar-refractivity contribution in [3.05, 3.63) is 35.8 Å². The molecule has 2 amide bonds. The van der Waals surface area contributed by atoms with Crippen LogP contribution in [0.3, 0.4) is 0 Å². The Hall–Kier alpha value is -2.50. The van der Waals surface area contributed by atoms with Crippen LogP contribution in [0.25, 0.3) is 10.9 Å². The number of piperazine rings is 1. The molecule has 0 saturated carbocycles. The van der Waals surface area contributed by atoms with Crippen LogP contribution in [0.2, 0.25) is 0 Å². The SMILES string of the molecule is CC(=O)N1CCN(C(=O)c2cc3cnccc3nc2C)CC1. The number of carbonyl (C=O) groups excluding carboxylic acids is 2. The van der Waals surface area contributed by atoms with Gasteiger partial charge in [-0.25, -0.2) is 0 Å². The standard InChI is InChI=1S/C16H18N4O2/c1-11-14(9-13-10-17-4-3-15(13)18-11)16(22)20-7-5-19(6-8-20)12(2)21/h3-4,9-10H,5-8H2,1-2H3. The Kier molecular flexibility index (Phi) is 3.75. The van der Waals surface area contributed by atoms with E-state index in [1.807, 2.05) is 19.1 Å². The molecule has 3 heterocycles. The Labute approximate surface area is 128 Å². The number of aryl methyl sites for hydroxylation is 1. The van der Waals surface area contributed by atoms with Gasteiger partial charge >= 0.3 is 0 Å². The maximum absolute atomic E-state index is 12.7. The lowest BCUT2D eigenvalue weighted by Gasteiger charge is -2.34. The number of carbonyl (C=O) groups is 2. The Morgan fingerprint density at radius 2 is 1.82 bits per heavy atom. The minimum atomic E-state index is -0.0287. The number of hydrogen-bond donors (Lipinski definition) is 0. The van der Waals surface area contributed by atoms with Crippen LogP contribution < -0.4 is 0 Å². The highest BCUT2D eigenvalue weighted by Crippen LogP contribution is 2.18. The van der Waals surface area contributed by atoms with E-state index in [2.05, 4.69) is 9.97 Å². The minimum Gasteiger partial charge on any atom is -0.339 e. The van der Waals surface area contributed by atoms with E-state index in [0.29, 0.717) is 31.7 Å². The lowest BCUT2D eigenvalue weighted by molar-refractivity contribution is -0.130. The van der Waals surface area contributed by atoms with Gasteiger partial charge in [0.05, 0.1) is 16.8 Å². The highest BCUT2D eigenvalue weighted by atomic mass is 16.2. The first kappa shape index (κ1) is 14.4. The molecule has 0 radical (unpaired) electrons. The number of aromatic nitrogens is 2. The van der Waals surface area contributed by atoms with Gasteiger partial charge in [-0.1, -0.05) is 0 Å². The maximum Gasteiger partial charge on any atom is 0.255 e. The van der Waals surface area contributed by atoms with Crippen molar-refractivity contribution in [1.82, 2.24) is 19.8 Å². The smallest absolute Gasteiger partial charge is 0.255 e. The molecule has 0 atom stereocenters. The zero-order valence-electron chi connectivity index (χ0n) is 12.7. The van der Waals surface area contributed by atoms with Gasteiger partial charge in [-0.3, -0.25) is 19.6 Å². The fourth-order valence-corrected chi connectivity index (χ4v) is 2.72. The molecule has 0 unspecified atom stereocenters. The molecule has 6 heteroatoms. The second-order valence-corrected chi connectivity index (χ2v) is 5.49. The average Bonchev–Trinajstić information content (AvgIpc) is 2.53. The minimum absolute atomic E-state index is 0.0287.